The fourth-order valence-electron chi connectivity index (χ4n) is 4.54. The lowest BCUT2D eigenvalue weighted by atomic mass is 9.88. The molecule has 1 aromatic heterocycles. The van der Waals surface area contributed by atoms with Crippen LogP contribution in [0.2, 0.25) is 0 Å². The quantitative estimate of drug-likeness (QED) is 0.150. The molecule has 0 bridgehead atoms. The van der Waals surface area contributed by atoms with Crippen LogP contribution in [0.25, 0.3) is 33.2 Å². The predicted molar refractivity (Wildman–Crippen MR) is 140 cm³/mol. The second-order valence-electron chi connectivity index (χ2n) is 8.35. The number of benzene rings is 4. The Morgan fingerprint density at radius 3 is 2.19 bits per heavy atom. The van der Waals surface area contributed by atoms with E-state index >= 15 is 0 Å². The fraction of sp³-hybridized carbons (Fsp3) is 0.0667. The Morgan fingerprint density at radius 2 is 1.50 bits per heavy atom. The third-order valence-corrected chi connectivity index (χ3v) is 6.22. The van der Waals surface area contributed by atoms with E-state index in [0.717, 1.165) is 10.8 Å². The molecule has 36 heavy (non-hydrogen) atoms. The summed E-state index contributed by atoms with van der Waals surface area (Å²) in [5.41, 5.74) is 2.49. The molecule has 0 radical (unpaired) electrons. The zero-order valence-corrected chi connectivity index (χ0v) is 19.8. The normalized spacial score (nSPS) is 10.8. The molecule has 5 aromatic rings. The molecule has 5 rings (SSSR count). The van der Waals surface area contributed by atoms with Crippen LogP contribution < -0.4 is 4.74 Å². The number of carbonyl (C=O) groups is 1. The molecule has 6 nitrogen and oxygen atoms in total. The molecule has 0 aliphatic rings. The molecule has 6 heteroatoms. The van der Waals surface area contributed by atoms with Crippen molar-refractivity contribution >= 4 is 22.2 Å². The molecule has 0 fully saturated rings. The molecule has 4 aromatic carbocycles. The first-order valence-electron chi connectivity index (χ1n) is 11.4. The molecule has 0 spiro atoms. The van der Waals surface area contributed by atoms with Crippen molar-refractivity contribution < 1.29 is 14.5 Å². The maximum absolute atomic E-state index is 14.1. The topological polar surface area (TPSA) is 82.3 Å². The number of nitro groups is 1. The molecule has 0 saturated carbocycles. The van der Waals surface area contributed by atoms with Gasteiger partial charge in [-0.25, -0.2) is 4.98 Å². The van der Waals surface area contributed by atoms with Gasteiger partial charge in [-0.15, -0.1) is 0 Å². The van der Waals surface area contributed by atoms with E-state index in [9.17, 15) is 14.9 Å². The smallest absolute Gasteiger partial charge is 0.304 e. The lowest BCUT2D eigenvalue weighted by Crippen LogP contribution is -2.12. The van der Waals surface area contributed by atoms with Crippen molar-refractivity contribution in [3.8, 4) is 28.1 Å². The summed E-state index contributed by atoms with van der Waals surface area (Å²) < 4.78 is 5.28. The largest absolute Gasteiger partial charge is 0.497 e. The molecule has 0 aliphatic carbocycles. The minimum Gasteiger partial charge on any atom is -0.497 e. The first-order chi connectivity index (χ1) is 17.5. The average Bonchev–Trinajstić information content (AvgIpc) is 2.92. The Hall–Kier alpha value is -4.84. The highest BCUT2D eigenvalue weighted by molar-refractivity contribution is 6.20. The Kier molecular flexibility index (Phi) is 6.00. The predicted octanol–water partition coefficient (Wildman–Crippen LogP) is 7.03. The maximum atomic E-state index is 14.1. The zero-order valence-electron chi connectivity index (χ0n) is 19.8. The van der Waals surface area contributed by atoms with Gasteiger partial charge in [0, 0.05) is 11.1 Å². The third-order valence-electron chi connectivity index (χ3n) is 6.22. The molecular weight excluding hydrogens is 452 g/mol. The second-order valence-corrected chi connectivity index (χ2v) is 8.35. The maximum Gasteiger partial charge on any atom is 0.304 e. The molecule has 1 heterocycles. The molecule has 0 aliphatic heterocycles. The van der Waals surface area contributed by atoms with Gasteiger partial charge in [-0.2, -0.15) is 0 Å². The zero-order chi connectivity index (χ0) is 25.2. The second kappa shape index (κ2) is 9.43. The van der Waals surface area contributed by atoms with E-state index < -0.39 is 4.92 Å². The van der Waals surface area contributed by atoms with Gasteiger partial charge in [-0.1, -0.05) is 84.9 Å². The van der Waals surface area contributed by atoms with Crippen molar-refractivity contribution in [3.05, 3.63) is 124 Å². The van der Waals surface area contributed by atoms with Crippen molar-refractivity contribution in [2.45, 2.75) is 6.92 Å². The summed E-state index contributed by atoms with van der Waals surface area (Å²) in [4.78, 5) is 30.9. The van der Waals surface area contributed by atoms with Crippen LogP contribution in [0.4, 0.5) is 5.69 Å². The molecule has 0 N–H and O–H groups in total. The molecule has 0 atom stereocenters. The van der Waals surface area contributed by atoms with Gasteiger partial charge in [0.2, 0.25) is 0 Å². The van der Waals surface area contributed by atoms with Crippen molar-refractivity contribution in [1.82, 2.24) is 4.98 Å². The molecule has 0 amide bonds. The van der Waals surface area contributed by atoms with E-state index in [-0.39, 0.29) is 28.3 Å². The monoisotopic (exact) mass is 474 g/mol. The van der Waals surface area contributed by atoms with E-state index in [4.69, 9.17) is 4.74 Å². The summed E-state index contributed by atoms with van der Waals surface area (Å²) in [7, 11) is 1.55. The van der Waals surface area contributed by atoms with Crippen LogP contribution in [-0.2, 0) is 0 Å². The van der Waals surface area contributed by atoms with Gasteiger partial charge in [0.25, 0.3) is 0 Å². The fourth-order valence-corrected chi connectivity index (χ4v) is 4.54. The van der Waals surface area contributed by atoms with Gasteiger partial charge < -0.3 is 4.74 Å². The minimum atomic E-state index is -0.450. The molecule has 0 saturated heterocycles. The van der Waals surface area contributed by atoms with Crippen LogP contribution in [0.3, 0.4) is 0 Å². The van der Waals surface area contributed by atoms with Gasteiger partial charge >= 0.3 is 5.69 Å². The number of ether oxygens (including phenoxy) is 1. The Morgan fingerprint density at radius 1 is 0.833 bits per heavy atom. The van der Waals surface area contributed by atoms with Crippen LogP contribution in [0.15, 0.2) is 97.1 Å². The highest BCUT2D eigenvalue weighted by Gasteiger charge is 2.32. The van der Waals surface area contributed by atoms with E-state index in [1.54, 1.807) is 68.6 Å². The minimum absolute atomic E-state index is 0.208. The van der Waals surface area contributed by atoms with Crippen LogP contribution in [0.1, 0.15) is 21.6 Å². The van der Waals surface area contributed by atoms with E-state index in [1.165, 1.54) is 0 Å². The van der Waals surface area contributed by atoms with Gasteiger partial charge in [0.1, 0.15) is 11.4 Å². The van der Waals surface area contributed by atoms with Crippen molar-refractivity contribution in [1.29, 1.82) is 0 Å². The number of aryl methyl sites for hydroxylation is 1. The van der Waals surface area contributed by atoms with Gasteiger partial charge in [-0.05, 0) is 35.4 Å². The highest BCUT2D eigenvalue weighted by Crippen LogP contribution is 2.42. The van der Waals surface area contributed by atoms with Crippen molar-refractivity contribution in [3.63, 3.8) is 0 Å². The SMILES string of the molecule is COc1ccc(-c2c(C(=O)c3cccc4ccccc34)c(C)nc(-c3ccccc3)c2[N+](=O)[O-])cc1. The van der Waals surface area contributed by atoms with Gasteiger partial charge in [-0.3, -0.25) is 14.9 Å². The van der Waals surface area contributed by atoms with Crippen molar-refractivity contribution in [2.24, 2.45) is 0 Å². The summed E-state index contributed by atoms with van der Waals surface area (Å²) in [6, 6.07) is 29.0. The summed E-state index contributed by atoms with van der Waals surface area (Å²) in [5.74, 6) is 0.294. The van der Waals surface area contributed by atoms with E-state index in [0.29, 0.717) is 28.1 Å². The number of pyridine rings is 1. The molecular formula is C30H22N2O4. The summed E-state index contributed by atoms with van der Waals surface area (Å²) >= 11 is 0. The number of nitrogens with zero attached hydrogens (tertiary/aromatic N) is 2. The first-order valence-corrected chi connectivity index (χ1v) is 11.4. The number of fused-ring (bicyclic) bond motifs is 1. The van der Waals surface area contributed by atoms with Crippen LogP contribution in [0.5, 0.6) is 5.75 Å². The Balaban J connectivity index is 1.86. The number of aromatic nitrogens is 1. The first kappa shape index (κ1) is 22.9. The number of ketones is 1. The van der Waals surface area contributed by atoms with Crippen molar-refractivity contribution in [2.75, 3.05) is 7.11 Å². The number of carbonyl (C=O) groups excluding carboxylic acids is 1. The molecule has 0 unspecified atom stereocenters. The van der Waals surface area contributed by atoms with Crippen LogP contribution >= 0.6 is 0 Å². The van der Waals surface area contributed by atoms with Crippen LogP contribution in [0, 0.1) is 17.0 Å². The van der Waals surface area contributed by atoms with Gasteiger partial charge in [0.05, 0.1) is 28.9 Å². The lowest BCUT2D eigenvalue weighted by Gasteiger charge is -2.16. The molecule has 176 valence electrons. The standard InChI is InChI=1S/C30H22N2O4/c1-19-26(30(33)25-14-8-12-20-9-6-7-13-24(20)25)27(21-15-17-23(36-2)18-16-21)29(32(34)35)28(31-19)22-10-4-3-5-11-22/h3-18H,1-2H3. The Labute approximate surface area is 208 Å². The summed E-state index contributed by atoms with van der Waals surface area (Å²) in [6.45, 7) is 1.72. The Bertz CT molecular complexity index is 1610. The number of methoxy groups -OCH3 is 1. The average molecular weight is 475 g/mol. The van der Waals surface area contributed by atoms with Gasteiger partial charge in [0.15, 0.2) is 5.78 Å². The lowest BCUT2D eigenvalue weighted by molar-refractivity contribution is -0.383. The summed E-state index contributed by atoms with van der Waals surface area (Å²) in [5, 5.41) is 14.3. The van der Waals surface area contributed by atoms with E-state index in [1.807, 2.05) is 42.5 Å². The van der Waals surface area contributed by atoms with Crippen LogP contribution in [-0.4, -0.2) is 22.8 Å². The number of hydrogen-bond acceptors (Lipinski definition) is 5. The summed E-state index contributed by atoms with van der Waals surface area (Å²) in [6.07, 6.45) is 0. The van der Waals surface area contributed by atoms with E-state index in [2.05, 4.69) is 4.98 Å². The number of rotatable bonds is 6. The third kappa shape index (κ3) is 3.99. The number of hydrogen-bond donors (Lipinski definition) is 0. The highest BCUT2D eigenvalue weighted by atomic mass is 16.6.